The highest BCUT2D eigenvalue weighted by Gasteiger charge is 2.18. The molecular formula is C17H20N2O4S. The average Bonchev–Trinajstić information content (AvgIpc) is 2.53. The van der Waals surface area contributed by atoms with Gasteiger partial charge in [-0.05, 0) is 31.7 Å². The minimum atomic E-state index is -3.22. The van der Waals surface area contributed by atoms with Gasteiger partial charge in [0.2, 0.25) is 0 Å². The van der Waals surface area contributed by atoms with Crippen LogP contribution >= 0.6 is 0 Å². The summed E-state index contributed by atoms with van der Waals surface area (Å²) in [6.07, 6.45) is 1.17. The highest BCUT2D eigenvalue weighted by Crippen LogP contribution is 2.25. The lowest BCUT2D eigenvalue weighted by Crippen LogP contribution is -2.22. The summed E-state index contributed by atoms with van der Waals surface area (Å²) in [4.78, 5) is 13.0. The molecule has 0 aliphatic heterocycles. The number of nitro groups is 1. The lowest BCUT2D eigenvalue weighted by atomic mass is 10.1. The van der Waals surface area contributed by atoms with Crippen molar-refractivity contribution in [3.63, 3.8) is 0 Å². The van der Waals surface area contributed by atoms with Crippen LogP contribution in [0.25, 0.3) is 0 Å². The van der Waals surface area contributed by atoms with E-state index in [2.05, 4.69) is 0 Å². The van der Waals surface area contributed by atoms with E-state index in [0.717, 1.165) is 5.56 Å². The summed E-state index contributed by atoms with van der Waals surface area (Å²) in [6, 6.07) is 13.4. The van der Waals surface area contributed by atoms with Gasteiger partial charge in [-0.25, -0.2) is 8.42 Å². The lowest BCUT2D eigenvalue weighted by Gasteiger charge is -2.25. The second-order valence-electron chi connectivity index (χ2n) is 5.82. The third-order valence-electron chi connectivity index (χ3n) is 4.06. The van der Waals surface area contributed by atoms with Gasteiger partial charge in [0.25, 0.3) is 5.69 Å². The third-order valence-corrected chi connectivity index (χ3v) is 5.19. The quantitative estimate of drug-likeness (QED) is 0.591. The second kappa shape index (κ2) is 7.11. The molecule has 0 bridgehead atoms. The first-order valence-electron chi connectivity index (χ1n) is 7.42. The van der Waals surface area contributed by atoms with Crippen molar-refractivity contribution in [3.05, 3.63) is 69.8 Å². The zero-order chi connectivity index (χ0) is 17.9. The maximum Gasteiger partial charge on any atom is 0.273 e. The average molecular weight is 348 g/mol. The van der Waals surface area contributed by atoms with E-state index in [4.69, 9.17) is 0 Å². The minimum absolute atomic E-state index is 0.0154. The number of para-hydroxylation sites is 1. The van der Waals surface area contributed by atoms with Crippen LogP contribution in [0.3, 0.4) is 0 Å². The smallest absolute Gasteiger partial charge is 0.273 e. The first-order valence-corrected chi connectivity index (χ1v) is 9.32. The van der Waals surface area contributed by atoms with E-state index in [1.54, 1.807) is 42.5 Å². The molecule has 24 heavy (non-hydrogen) atoms. The fourth-order valence-corrected chi connectivity index (χ4v) is 3.11. The van der Waals surface area contributed by atoms with Crippen molar-refractivity contribution < 1.29 is 13.3 Å². The Bertz CT molecular complexity index is 832. The van der Waals surface area contributed by atoms with Crippen LogP contribution in [0, 0.1) is 10.1 Å². The number of benzene rings is 2. The second-order valence-corrected chi connectivity index (χ2v) is 7.83. The summed E-state index contributed by atoms with van der Waals surface area (Å²) in [5, 5.41) is 11.1. The van der Waals surface area contributed by atoms with Crippen LogP contribution in [0.5, 0.6) is 0 Å². The first-order chi connectivity index (χ1) is 11.2. The van der Waals surface area contributed by atoms with Crippen LogP contribution in [0.15, 0.2) is 53.4 Å². The molecule has 1 atom stereocenters. The summed E-state index contributed by atoms with van der Waals surface area (Å²) in [5.41, 5.74) is 1.69. The van der Waals surface area contributed by atoms with E-state index < -0.39 is 9.84 Å². The Labute approximate surface area is 141 Å². The topological polar surface area (TPSA) is 80.5 Å². The Morgan fingerprint density at radius 2 is 1.71 bits per heavy atom. The molecule has 6 nitrogen and oxygen atoms in total. The van der Waals surface area contributed by atoms with E-state index in [1.807, 2.05) is 18.9 Å². The lowest BCUT2D eigenvalue weighted by molar-refractivity contribution is -0.385. The minimum Gasteiger partial charge on any atom is -0.295 e. The molecule has 2 aromatic rings. The van der Waals surface area contributed by atoms with Crippen LogP contribution < -0.4 is 0 Å². The maximum absolute atomic E-state index is 11.5. The predicted molar refractivity (Wildman–Crippen MR) is 92.5 cm³/mol. The molecule has 0 aromatic heterocycles. The molecule has 7 heteroatoms. The van der Waals surface area contributed by atoms with Gasteiger partial charge >= 0.3 is 0 Å². The van der Waals surface area contributed by atoms with Gasteiger partial charge in [0.15, 0.2) is 9.84 Å². The third kappa shape index (κ3) is 4.18. The van der Waals surface area contributed by atoms with Crippen LogP contribution in [-0.2, 0) is 16.4 Å². The van der Waals surface area contributed by atoms with Crippen molar-refractivity contribution in [1.82, 2.24) is 4.90 Å². The molecule has 2 aromatic carbocycles. The molecule has 0 radical (unpaired) electrons. The van der Waals surface area contributed by atoms with Crippen molar-refractivity contribution >= 4 is 15.5 Å². The molecule has 0 unspecified atom stereocenters. The van der Waals surface area contributed by atoms with Gasteiger partial charge in [-0.1, -0.05) is 30.3 Å². The summed E-state index contributed by atoms with van der Waals surface area (Å²) >= 11 is 0. The first kappa shape index (κ1) is 18.1. The highest BCUT2D eigenvalue weighted by molar-refractivity contribution is 7.90. The summed E-state index contributed by atoms with van der Waals surface area (Å²) in [5.74, 6) is 0. The van der Waals surface area contributed by atoms with Gasteiger partial charge in [-0.3, -0.25) is 15.0 Å². The van der Waals surface area contributed by atoms with Crippen LogP contribution in [0.2, 0.25) is 0 Å². The van der Waals surface area contributed by atoms with Crippen molar-refractivity contribution in [2.24, 2.45) is 0 Å². The summed E-state index contributed by atoms with van der Waals surface area (Å²) < 4.78 is 23.0. The molecule has 0 saturated carbocycles. The molecular weight excluding hydrogens is 328 g/mol. The fraction of sp³-hybridized carbons (Fsp3) is 0.294. The van der Waals surface area contributed by atoms with Crippen molar-refractivity contribution in [1.29, 1.82) is 0 Å². The summed E-state index contributed by atoms with van der Waals surface area (Å²) in [7, 11) is -1.34. The number of nitro benzene ring substituents is 1. The monoisotopic (exact) mass is 348 g/mol. The molecule has 0 heterocycles. The molecule has 0 aliphatic carbocycles. The van der Waals surface area contributed by atoms with Crippen molar-refractivity contribution in [2.75, 3.05) is 13.3 Å². The molecule has 2 rings (SSSR count). The SMILES string of the molecule is C[C@@H](c1ccc(S(C)(=O)=O)cc1)N(C)Cc1ccccc1[N+](=O)[O-]. The molecule has 128 valence electrons. The standard InChI is InChI=1S/C17H20N2O4S/c1-13(14-8-10-16(11-9-14)24(3,22)23)18(2)12-15-6-4-5-7-17(15)19(20)21/h4-11,13H,12H2,1-3H3/t13-/m0/s1. The van der Waals surface area contributed by atoms with E-state index in [0.29, 0.717) is 12.1 Å². The molecule has 0 spiro atoms. The van der Waals surface area contributed by atoms with Crippen LogP contribution in [0.4, 0.5) is 5.69 Å². The zero-order valence-electron chi connectivity index (χ0n) is 13.8. The van der Waals surface area contributed by atoms with Crippen LogP contribution in [-0.4, -0.2) is 31.5 Å². The van der Waals surface area contributed by atoms with Crippen molar-refractivity contribution in [2.45, 2.75) is 24.4 Å². The van der Waals surface area contributed by atoms with Gasteiger partial charge < -0.3 is 0 Å². The molecule has 0 amide bonds. The Morgan fingerprint density at radius 1 is 1.12 bits per heavy atom. The maximum atomic E-state index is 11.5. The summed E-state index contributed by atoms with van der Waals surface area (Å²) in [6.45, 7) is 2.40. The largest absolute Gasteiger partial charge is 0.295 e. The Kier molecular flexibility index (Phi) is 5.36. The number of sulfone groups is 1. The fourth-order valence-electron chi connectivity index (χ4n) is 2.48. The Balaban J connectivity index is 2.18. The van der Waals surface area contributed by atoms with E-state index in [1.165, 1.54) is 12.3 Å². The Morgan fingerprint density at radius 3 is 2.25 bits per heavy atom. The van der Waals surface area contributed by atoms with Crippen LogP contribution in [0.1, 0.15) is 24.1 Å². The van der Waals surface area contributed by atoms with Crippen molar-refractivity contribution in [3.8, 4) is 0 Å². The number of rotatable bonds is 6. The van der Waals surface area contributed by atoms with E-state index in [9.17, 15) is 18.5 Å². The van der Waals surface area contributed by atoms with Gasteiger partial charge in [0.1, 0.15) is 0 Å². The van der Waals surface area contributed by atoms with E-state index >= 15 is 0 Å². The predicted octanol–water partition coefficient (Wildman–Crippen LogP) is 3.19. The number of hydrogen-bond acceptors (Lipinski definition) is 5. The van der Waals surface area contributed by atoms with Gasteiger partial charge in [0.05, 0.1) is 9.82 Å². The van der Waals surface area contributed by atoms with Gasteiger partial charge in [-0.2, -0.15) is 0 Å². The zero-order valence-corrected chi connectivity index (χ0v) is 14.7. The molecule has 0 fully saturated rings. The van der Waals surface area contributed by atoms with Gasteiger partial charge in [0, 0.05) is 30.5 Å². The highest BCUT2D eigenvalue weighted by atomic mass is 32.2. The normalized spacial score (nSPS) is 13.0. The number of nitrogens with zero attached hydrogens (tertiary/aromatic N) is 2. The van der Waals surface area contributed by atoms with Gasteiger partial charge in [-0.15, -0.1) is 0 Å². The molecule has 0 N–H and O–H groups in total. The molecule has 0 aliphatic rings. The number of hydrogen-bond donors (Lipinski definition) is 0. The Hall–Kier alpha value is -2.25. The molecule has 0 saturated heterocycles. The van der Waals surface area contributed by atoms with E-state index in [-0.39, 0.29) is 21.5 Å².